The lowest BCUT2D eigenvalue weighted by molar-refractivity contribution is -0.0138. The first-order valence-corrected chi connectivity index (χ1v) is 11.2. The zero-order valence-corrected chi connectivity index (χ0v) is 18.4. The number of aromatic nitrogens is 3. The molecule has 2 fully saturated rings. The SMILES string of the molecule is CC1(C)CCC(CNC(=O)c2cnc3ccc(N4CCCC4c4cccc(F)c4)nn23)O1. The lowest BCUT2D eigenvalue weighted by Crippen LogP contribution is -2.34. The Morgan fingerprint density at radius 2 is 2.16 bits per heavy atom. The Kier molecular flexibility index (Phi) is 5.33. The van der Waals surface area contributed by atoms with Crippen LogP contribution in [-0.4, -0.2) is 45.3 Å². The Bertz CT molecular complexity index is 1140. The third-order valence-corrected chi connectivity index (χ3v) is 6.41. The molecule has 2 saturated heterocycles. The Balaban J connectivity index is 1.36. The van der Waals surface area contributed by atoms with Gasteiger partial charge in [-0.05, 0) is 69.4 Å². The number of rotatable bonds is 5. The molecule has 7 nitrogen and oxygen atoms in total. The molecule has 5 rings (SSSR count). The van der Waals surface area contributed by atoms with Gasteiger partial charge in [-0.2, -0.15) is 0 Å². The van der Waals surface area contributed by atoms with Gasteiger partial charge in [-0.3, -0.25) is 4.79 Å². The van der Waals surface area contributed by atoms with Gasteiger partial charge < -0.3 is 15.0 Å². The highest BCUT2D eigenvalue weighted by molar-refractivity contribution is 5.93. The summed E-state index contributed by atoms with van der Waals surface area (Å²) >= 11 is 0. The van der Waals surface area contributed by atoms with E-state index >= 15 is 0 Å². The van der Waals surface area contributed by atoms with Crippen molar-refractivity contribution in [2.75, 3.05) is 18.0 Å². The fourth-order valence-electron chi connectivity index (χ4n) is 4.79. The summed E-state index contributed by atoms with van der Waals surface area (Å²) in [5.41, 5.74) is 1.80. The minimum absolute atomic E-state index is 0.0216. The van der Waals surface area contributed by atoms with Crippen LogP contribution in [0.15, 0.2) is 42.6 Å². The topological polar surface area (TPSA) is 71.8 Å². The van der Waals surface area contributed by atoms with Gasteiger partial charge in [0.05, 0.1) is 23.9 Å². The molecular weight excluding hydrogens is 409 g/mol. The molecule has 3 aromatic rings. The van der Waals surface area contributed by atoms with Crippen LogP contribution in [-0.2, 0) is 4.74 Å². The van der Waals surface area contributed by atoms with Crippen LogP contribution < -0.4 is 10.2 Å². The Morgan fingerprint density at radius 3 is 2.94 bits per heavy atom. The summed E-state index contributed by atoms with van der Waals surface area (Å²) in [5, 5.41) is 7.70. The highest BCUT2D eigenvalue weighted by Crippen LogP contribution is 2.35. The first-order valence-electron chi connectivity index (χ1n) is 11.2. The van der Waals surface area contributed by atoms with Crippen molar-refractivity contribution in [1.29, 1.82) is 0 Å². The third kappa shape index (κ3) is 4.07. The van der Waals surface area contributed by atoms with Gasteiger partial charge in [0.1, 0.15) is 11.6 Å². The molecular formula is C24H28FN5O2. The van der Waals surface area contributed by atoms with Gasteiger partial charge in [-0.25, -0.2) is 13.9 Å². The molecule has 2 aromatic heterocycles. The Labute approximate surface area is 186 Å². The lowest BCUT2D eigenvalue weighted by atomic mass is 10.0. The predicted octanol–water partition coefficient (Wildman–Crippen LogP) is 3.90. The standard InChI is InChI=1S/C24H28FN5O2/c1-24(2)11-10-18(32-24)14-27-23(31)20-15-26-21-8-9-22(28-30(20)21)29-12-4-7-19(29)16-5-3-6-17(25)13-16/h3,5-6,8-9,13,15,18-19H,4,7,10-12,14H2,1-2H3,(H,27,31). The van der Waals surface area contributed by atoms with Crippen molar-refractivity contribution in [2.45, 2.75) is 57.3 Å². The number of imidazole rings is 1. The molecule has 1 N–H and O–H groups in total. The summed E-state index contributed by atoms with van der Waals surface area (Å²) in [6.45, 7) is 5.42. The lowest BCUT2D eigenvalue weighted by Gasteiger charge is -2.26. The van der Waals surface area contributed by atoms with Crippen molar-refractivity contribution in [3.05, 3.63) is 59.7 Å². The van der Waals surface area contributed by atoms with E-state index in [1.807, 2.05) is 18.2 Å². The maximum Gasteiger partial charge on any atom is 0.271 e. The molecule has 0 radical (unpaired) electrons. The molecule has 0 saturated carbocycles. The number of anilines is 1. The van der Waals surface area contributed by atoms with E-state index in [1.165, 1.54) is 6.07 Å². The largest absolute Gasteiger partial charge is 0.371 e. The normalized spacial score (nSPS) is 22.5. The molecule has 32 heavy (non-hydrogen) atoms. The average Bonchev–Trinajstić information content (AvgIpc) is 3.49. The van der Waals surface area contributed by atoms with Gasteiger partial charge in [0.2, 0.25) is 0 Å². The van der Waals surface area contributed by atoms with Gasteiger partial charge >= 0.3 is 0 Å². The number of halogens is 1. The molecule has 0 aliphatic carbocycles. The first kappa shape index (κ1) is 20.9. The number of benzene rings is 1. The number of amides is 1. The minimum Gasteiger partial charge on any atom is -0.371 e. The van der Waals surface area contributed by atoms with E-state index in [0.717, 1.165) is 43.6 Å². The molecule has 8 heteroatoms. The summed E-state index contributed by atoms with van der Waals surface area (Å²) in [6.07, 6.45) is 5.41. The average molecular weight is 438 g/mol. The maximum atomic E-state index is 13.8. The number of ether oxygens (including phenoxy) is 1. The number of nitrogens with one attached hydrogen (secondary N) is 1. The van der Waals surface area contributed by atoms with Crippen LogP contribution in [0.1, 0.15) is 61.6 Å². The first-order chi connectivity index (χ1) is 15.4. The van der Waals surface area contributed by atoms with Crippen LogP contribution >= 0.6 is 0 Å². The summed E-state index contributed by atoms with van der Waals surface area (Å²) in [7, 11) is 0. The van der Waals surface area contributed by atoms with E-state index in [4.69, 9.17) is 9.84 Å². The molecule has 0 bridgehead atoms. The summed E-state index contributed by atoms with van der Waals surface area (Å²) in [6, 6.07) is 10.6. The van der Waals surface area contributed by atoms with Gasteiger partial charge in [-0.15, -0.1) is 5.10 Å². The second kappa shape index (κ2) is 8.16. The number of nitrogens with zero attached hydrogens (tertiary/aromatic N) is 4. The molecule has 1 aromatic carbocycles. The zero-order chi connectivity index (χ0) is 22.3. The Morgan fingerprint density at radius 1 is 1.28 bits per heavy atom. The van der Waals surface area contributed by atoms with Crippen molar-refractivity contribution in [1.82, 2.24) is 19.9 Å². The predicted molar refractivity (Wildman–Crippen MR) is 119 cm³/mol. The van der Waals surface area contributed by atoms with Crippen molar-refractivity contribution in [2.24, 2.45) is 0 Å². The van der Waals surface area contributed by atoms with Crippen LogP contribution in [0, 0.1) is 5.82 Å². The van der Waals surface area contributed by atoms with Crippen molar-refractivity contribution in [3.63, 3.8) is 0 Å². The summed E-state index contributed by atoms with van der Waals surface area (Å²) < 4.78 is 21.3. The van der Waals surface area contributed by atoms with Crippen LogP contribution in [0.2, 0.25) is 0 Å². The van der Waals surface area contributed by atoms with E-state index in [9.17, 15) is 9.18 Å². The van der Waals surface area contributed by atoms with Crippen LogP contribution in [0.3, 0.4) is 0 Å². The van der Waals surface area contributed by atoms with E-state index in [1.54, 1.807) is 22.8 Å². The van der Waals surface area contributed by atoms with Gasteiger partial charge in [-0.1, -0.05) is 12.1 Å². The summed E-state index contributed by atoms with van der Waals surface area (Å²) in [4.78, 5) is 19.4. The second-order valence-electron chi connectivity index (χ2n) is 9.26. The quantitative estimate of drug-likeness (QED) is 0.656. The third-order valence-electron chi connectivity index (χ3n) is 6.41. The van der Waals surface area contributed by atoms with Crippen LogP contribution in [0.25, 0.3) is 5.65 Å². The molecule has 4 heterocycles. The highest BCUT2D eigenvalue weighted by Gasteiger charge is 2.32. The van der Waals surface area contributed by atoms with Gasteiger partial charge in [0, 0.05) is 13.1 Å². The number of fused-ring (bicyclic) bond motifs is 1. The van der Waals surface area contributed by atoms with E-state index in [-0.39, 0.29) is 29.5 Å². The van der Waals surface area contributed by atoms with E-state index in [0.29, 0.717) is 17.9 Å². The molecule has 2 aliphatic rings. The fraction of sp³-hybridized carbons (Fsp3) is 0.458. The highest BCUT2D eigenvalue weighted by atomic mass is 19.1. The smallest absolute Gasteiger partial charge is 0.271 e. The maximum absolute atomic E-state index is 13.8. The Hall–Kier alpha value is -3.00. The molecule has 2 aliphatic heterocycles. The number of carbonyl (C=O) groups is 1. The van der Waals surface area contributed by atoms with Crippen molar-refractivity contribution in [3.8, 4) is 0 Å². The van der Waals surface area contributed by atoms with E-state index < -0.39 is 0 Å². The van der Waals surface area contributed by atoms with Crippen LogP contribution in [0.5, 0.6) is 0 Å². The molecule has 1 amide bonds. The molecule has 0 spiro atoms. The second-order valence-corrected chi connectivity index (χ2v) is 9.26. The van der Waals surface area contributed by atoms with Gasteiger partial charge in [0.25, 0.3) is 5.91 Å². The molecule has 2 atom stereocenters. The molecule has 2 unspecified atom stereocenters. The van der Waals surface area contributed by atoms with Crippen LogP contribution in [0.4, 0.5) is 10.2 Å². The van der Waals surface area contributed by atoms with Crippen molar-refractivity contribution >= 4 is 17.4 Å². The molecule has 168 valence electrons. The zero-order valence-electron chi connectivity index (χ0n) is 18.4. The van der Waals surface area contributed by atoms with Gasteiger partial charge in [0.15, 0.2) is 11.3 Å². The number of carbonyl (C=O) groups excluding carboxylic acids is 1. The summed E-state index contributed by atoms with van der Waals surface area (Å²) in [5.74, 6) is 0.289. The fourth-order valence-corrected chi connectivity index (χ4v) is 4.79. The monoisotopic (exact) mass is 437 g/mol. The van der Waals surface area contributed by atoms with Crippen molar-refractivity contribution < 1.29 is 13.9 Å². The number of hydrogen-bond acceptors (Lipinski definition) is 5. The minimum atomic E-state index is -0.235. The van der Waals surface area contributed by atoms with E-state index in [2.05, 4.69) is 29.0 Å². The number of hydrogen-bond donors (Lipinski definition) is 1.